The molecule has 0 aliphatic heterocycles. The third-order valence-corrected chi connectivity index (χ3v) is 4.92. The van der Waals surface area contributed by atoms with Gasteiger partial charge in [0.05, 0.1) is 0 Å². The number of hydrogen-bond acceptors (Lipinski definition) is 2. The van der Waals surface area contributed by atoms with Gasteiger partial charge in [0.15, 0.2) is 5.78 Å². The molecule has 0 heterocycles. The van der Waals surface area contributed by atoms with E-state index in [1.54, 1.807) is 0 Å². The summed E-state index contributed by atoms with van der Waals surface area (Å²) in [5.41, 5.74) is 6.37. The summed E-state index contributed by atoms with van der Waals surface area (Å²) in [5.74, 6) is -0.0653. The molecule has 0 bridgehead atoms. The van der Waals surface area contributed by atoms with Gasteiger partial charge in [-0.1, -0.05) is 24.3 Å². The van der Waals surface area contributed by atoms with E-state index in [1.165, 1.54) is 24.0 Å². The van der Waals surface area contributed by atoms with Crippen LogP contribution >= 0.6 is 0 Å². The summed E-state index contributed by atoms with van der Waals surface area (Å²) in [6, 6.07) is 12.0. The Morgan fingerprint density at radius 2 is 1.68 bits per heavy atom. The number of hydrogen-bond donors (Lipinski definition) is 1. The number of amides is 1. The van der Waals surface area contributed by atoms with Gasteiger partial charge in [-0.25, -0.2) is 0 Å². The molecule has 130 valence electrons. The molecule has 0 atom stereocenters. The number of rotatable bonds is 5. The van der Waals surface area contributed by atoms with Gasteiger partial charge in [0.25, 0.3) is 0 Å². The van der Waals surface area contributed by atoms with Crippen molar-refractivity contribution in [2.45, 2.75) is 52.4 Å². The molecular formula is C22H25NO2. The third kappa shape index (κ3) is 4.36. The summed E-state index contributed by atoms with van der Waals surface area (Å²) >= 11 is 0. The number of nitrogens with one attached hydrogen (secondary N) is 1. The zero-order valence-electron chi connectivity index (χ0n) is 15.0. The number of aryl methyl sites for hydroxylation is 4. The van der Waals surface area contributed by atoms with Crippen LogP contribution in [0.3, 0.4) is 0 Å². The summed E-state index contributed by atoms with van der Waals surface area (Å²) < 4.78 is 0. The number of benzene rings is 2. The molecule has 3 heteroatoms. The fourth-order valence-corrected chi connectivity index (χ4v) is 3.36. The van der Waals surface area contributed by atoms with E-state index < -0.39 is 0 Å². The Labute approximate surface area is 149 Å². The Bertz CT molecular complexity index is 808. The van der Waals surface area contributed by atoms with Crippen LogP contribution in [0.1, 0.15) is 58.3 Å². The van der Waals surface area contributed by atoms with Gasteiger partial charge in [-0.3, -0.25) is 9.59 Å². The third-order valence-electron chi connectivity index (χ3n) is 4.92. The summed E-state index contributed by atoms with van der Waals surface area (Å²) in [4.78, 5) is 24.6. The van der Waals surface area contributed by atoms with E-state index in [4.69, 9.17) is 0 Å². The maximum absolute atomic E-state index is 12.4. The molecule has 0 saturated carbocycles. The molecule has 0 spiro atoms. The number of ketones is 1. The smallest absolute Gasteiger partial charge is 0.224 e. The van der Waals surface area contributed by atoms with E-state index in [0.717, 1.165) is 35.2 Å². The van der Waals surface area contributed by atoms with Crippen molar-refractivity contribution >= 4 is 17.4 Å². The molecule has 1 amide bonds. The van der Waals surface area contributed by atoms with Gasteiger partial charge in [-0.2, -0.15) is 0 Å². The van der Waals surface area contributed by atoms with Crippen LogP contribution in [0.2, 0.25) is 0 Å². The van der Waals surface area contributed by atoms with Crippen LogP contribution in [-0.4, -0.2) is 11.7 Å². The van der Waals surface area contributed by atoms with Gasteiger partial charge in [0, 0.05) is 24.1 Å². The van der Waals surface area contributed by atoms with Gasteiger partial charge < -0.3 is 5.32 Å². The Morgan fingerprint density at radius 3 is 2.48 bits per heavy atom. The van der Waals surface area contributed by atoms with Crippen molar-refractivity contribution in [3.63, 3.8) is 0 Å². The number of carbonyl (C=O) groups is 2. The highest BCUT2D eigenvalue weighted by molar-refractivity contribution is 6.00. The molecule has 0 fully saturated rings. The van der Waals surface area contributed by atoms with E-state index in [-0.39, 0.29) is 24.5 Å². The highest BCUT2D eigenvalue weighted by atomic mass is 16.2. The Morgan fingerprint density at radius 1 is 0.920 bits per heavy atom. The summed E-state index contributed by atoms with van der Waals surface area (Å²) in [6.45, 7) is 3.96. The molecule has 25 heavy (non-hydrogen) atoms. The highest BCUT2D eigenvalue weighted by Crippen LogP contribution is 2.23. The first-order valence-electron chi connectivity index (χ1n) is 9.05. The zero-order chi connectivity index (χ0) is 17.8. The minimum Gasteiger partial charge on any atom is -0.326 e. The quantitative estimate of drug-likeness (QED) is 0.799. The van der Waals surface area contributed by atoms with E-state index in [0.29, 0.717) is 0 Å². The van der Waals surface area contributed by atoms with Gasteiger partial charge >= 0.3 is 0 Å². The zero-order valence-corrected chi connectivity index (χ0v) is 15.0. The fourth-order valence-electron chi connectivity index (χ4n) is 3.36. The Hall–Kier alpha value is -2.42. The van der Waals surface area contributed by atoms with Crippen molar-refractivity contribution < 1.29 is 9.59 Å². The summed E-state index contributed by atoms with van der Waals surface area (Å²) in [6.07, 6.45) is 5.06. The fraction of sp³-hybridized carbons (Fsp3) is 0.364. The van der Waals surface area contributed by atoms with Crippen LogP contribution in [0.25, 0.3) is 0 Å². The predicted molar refractivity (Wildman–Crippen MR) is 101 cm³/mol. The second-order valence-electron chi connectivity index (χ2n) is 6.98. The highest BCUT2D eigenvalue weighted by Gasteiger charge is 2.14. The minimum absolute atomic E-state index is 0.0458. The molecule has 3 rings (SSSR count). The molecular weight excluding hydrogens is 310 g/mol. The molecule has 3 nitrogen and oxygen atoms in total. The normalized spacial score (nSPS) is 13.2. The van der Waals surface area contributed by atoms with E-state index >= 15 is 0 Å². The topological polar surface area (TPSA) is 46.2 Å². The van der Waals surface area contributed by atoms with Crippen molar-refractivity contribution in [1.29, 1.82) is 0 Å². The van der Waals surface area contributed by atoms with Crippen molar-refractivity contribution in [3.8, 4) is 0 Å². The van der Waals surface area contributed by atoms with Crippen molar-refractivity contribution in [1.82, 2.24) is 0 Å². The lowest BCUT2D eigenvalue weighted by atomic mass is 9.89. The molecule has 1 N–H and O–H groups in total. The van der Waals surface area contributed by atoms with Gasteiger partial charge in [-0.05, 0) is 73.9 Å². The first-order chi connectivity index (χ1) is 12.0. The molecule has 2 aromatic rings. The minimum atomic E-state index is -0.111. The first-order valence-corrected chi connectivity index (χ1v) is 9.05. The predicted octanol–water partition coefficient (Wildman–Crippen LogP) is 4.78. The number of Topliss-reactive ketones (excluding diaryl/α,β-unsaturated/α-hetero) is 1. The standard InChI is InChI=1S/C22H25NO2/c1-15-7-8-16(2)20(13-15)23-22(25)12-11-21(24)19-10-9-17-5-3-4-6-18(17)14-19/h7-10,13-14H,3-6,11-12H2,1-2H3,(H,23,25). The van der Waals surface area contributed by atoms with Crippen LogP contribution in [-0.2, 0) is 17.6 Å². The molecule has 1 aliphatic carbocycles. The van der Waals surface area contributed by atoms with E-state index in [2.05, 4.69) is 11.4 Å². The van der Waals surface area contributed by atoms with Crippen molar-refractivity contribution in [2.75, 3.05) is 5.32 Å². The van der Waals surface area contributed by atoms with E-state index in [1.807, 2.05) is 44.2 Å². The lowest BCUT2D eigenvalue weighted by Gasteiger charge is -2.16. The van der Waals surface area contributed by atoms with Crippen LogP contribution in [0.15, 0.2) is 36.4 Å². The average molecular weight is 335 g/mol. The second-order valence-corrected chi connectivity index (χ2v) is 6.98. The lowest BCUT2D eigenvalue weighted by Crippen LogP contribution is -2.14. The number of fused-ring (bicyclic) bond motifs is 1. The molecule has 0 aromatic heterocycles. The van der Waals surface area contributed by atoms with Crippen molar-refractivity contribution in [3.05, 3.63) is 64.2 Å². The van der Waals surface area contributed by atoms with Crippen LogP contribution < -0.4 is 5.32 Å². The molecule has 0 radical (unpaired) electrons. The van der Waals surface area contributed by atoms with Crippen LogP contribution in [0, 0.1) is 13.8 Å². The monoisotopic (exact) mass is 335 g/mol. The largest absolute Gasteiger partial charge is 0.326 e. The number of carbonyl (C=O) groups excluding carboxylic acids is 2. The maximum atomic E-state index is 12.4. The van der Waals surface area contributed by atoms with Gasteiger partial charge in [-0.15, -0.1) is 0 Å². The second kappa shape index (κ2) is 7.64. The maximum Gasteiger partial charge on any atom is 0.224 e. The summed E-state index contributed by atoms with van der Waals surface area (Å²) in [7, 11) is 0. The van der Waals surface area contributed by atoms with Crippen LogP contribution in [0.4, 0.5) is 5.69 Å². The SMILES string of the molecule is Cc1ccc(C)c(NC(=O)CCC(=O)c2ccc3c(c2)CCCC3)c1. The Balaban J connectivity index is 1.58. The van der Waals surface area contributed by atoms with E-state index in [9.17, 15) is 9.59 Å². The molecule has 1 aliphatic rings. The molecule has 2 aromatic carbocycles. The molecule has 0 saturated heterocycles. The Kier molecular flexibility index (Phi) is 5.32. The first kappa shape index (κ1) is 17.4. The van der Waals surface area contributed by atoms with Crippen LogP contribution in [0.5, 0.6) is 0 Å². The average Bonchev–Trinajstić information content (AvgIpc) is 2.62. The molecule has 0 unspecified atom stereocenters. The van der Waals surface area contributed by atoms with Gasteiger partial charge in [0.2, 0.25) is 5.91 Å². The van der Waals surface area contributed by atoms with Crippen molar-refractivity contribution in [2.24, 2.45) is 0 Å². The lowest BCUT2D eigenvalue weighted by molar-refractivity contribution is -0.116. The number of anilines is 1. The van der Waals surface area contributed by atoms with Gasteiger partial charge in [0.1, 0.15) is 0 Å². The summed E-state index contributed by atoms with van der Waals surface area (Å²) in [5, 5.41) is 2.92.